The number of benzene rings is 2. The first-order valence-electron chi connectivity index (χ1n) is 7.02. The van der Waals surface area contributed by atoms with Crippen molar-refractivity contribution in [2.45, 2.75) is 41.5 Å². The normalized spacial score (nSPS) is 10.7. The van der Waals surface area contributed by atoms with Gasteiger partial charge in [0.2, 0.25) is 0 Å². The van der Waals surface area contributed by atoms with Crippen LogP contribution >= 0.6 is 0 Å². The first kappa shape index (κ1) is 14.5. The molecule has 1 heteroatoms. The van der Waals surface area contributed by atoms with Gasteiger partial charge < -0.3 is 0 Å². The molecule has 2 aromatic rings. The van der Waals surface area contributed by atoms with Gasteiger partial charge in [-0.25, -0.2) is 0 Å². The monoisotopic (exact) mass is 266 g/mol. The SMILES string of the molecule is Cc1cccc(-c2c(C)c(C)c(C)c(C)c2C=O)c1C. The molecule has 0 aliphatic rings. The van der Waals surface area contributed by atoms with Gasteiger partial charge in [0.1, 0.15) is 0 Å². The van der Waals surface area contributed by atoms with Gasteiger partial charge in [-0.2, -0.15) is 0 Å². The number of hydrogen-bond donors (Lipinski definition) is 0. The van der Waals surface area contributed by atoms with Crippen LogP contribution in [0.15, 0.2) is 18.2 Å². The molecular weight excluding hydrogens is 244 g/mol. The van der Waals surface area contributed by atoms with Crippen molar-refractivity contribution in [3.05, 3.63) is 57.1 Å². The molecule has 0 unspecified atom stereocenters. The molecule has 0 spiro atoms. The summed E-state index contributed by atoms with van der Waals surface area (Å²) in [5, 5.41) is 0. The minimum absolute atomic E-state index is 0.833. The van der Waals surface area contributed by atoms with E-state index in [0.29, 0.717) is 0 Å². The highest BCUT2D eigenvalue weighted by Gasteiger charge is 2.17. The van der Waals surface area contributed by atoms with E-state index in [1.807, 2.05) is 6.92 Å². The second kappa shape index (κ2) is 5.24. The maximum Gasteiger partial charge on any atom is 0.150 e. The van der Waals surface area contributed by atoms with Crippen LogP contribution in [-0.4, -0.2) is 6.29 Å². The molecule has 0 aliphatic heterocycles. The molecule has 0 heterocycles. The van der Waals surface area contributed by atoms with Gasteiger partial charge in [-0.15, -0.1) is 0 Å². The summed E-state index contributed by atoms with van der Waals surface area (Å²) in [4.78, 5) is 11.6. The molecule has 0 bridgehead atoms. The fourth-order valence-corrected chi connectivity index (χ4v) is 2.86. The Hall–Kier alpha value is -1.89. The van der Waals surface area contributed by atoms with E-state index in [9.17, 15) is 4.79 Å². The molecule has 0 saturated heterocycles. The molecule has 0 amide bonds. The maximum atomic E-state index is 11.6. The van der Waals surface area contributed by atoms with Crippen molar-refractivity contribution in [3.63, 3.8) is 0 Å². The van der Waals surface area contributed by atoms with Crippen molar-refractivity contribution in [2.24, 2.45) is 0 Å². The summed E-state index contributed by atoms with van der Waals surface area (Å²) in [6.07, 6.45) is 1.01. The van der Waals surface area contributed by atoms with Crippen LogP contribution < -0.4 is 0 Å². The Kier molecular flexibility index (Phi) is 3.80. The van der Waals surface area contributed by atoms with Crippen molar-refractivity contribution >= 4 is 6.29 Å². The van der Waals surface area contributed by atoms with E-state index in [1.165, 1.54) is 33.4 Å². The average Bonchev–Trinajstić information content (AvgIpc) is 2.44. The summed E-state index contributed by atoms with van der Waals surface area (Å²) in [5.41, 5.74) is 10.4. The van der Waals surface area contributed by atoms with E-state index in [4.69, 9.17) is 0 Å². The maximum absolute atomic E-state index is 11.6. The zero-order valence-corrected chi connectivity index (χ0v) is 13.2. The molecule has 0 fully saturated rings. The van der Waals surface area contributed by atoms with Crippen LogP contribution in [0.3, 0.4) is 0 Å². The van der Waals surface area contributed by atoms with Crippen LogP contribution in [0.4, 0.5) is 0 Å². The van der Waals surface area contributed by atoms with Gasteiger partial charge >= 0.3 is 0 Å². The van der Waals surface area contributed by atoms with Crippen LogP contribution in [0.2, 0.25) is 0 Å². The van der Waals surface area contributed by atoms with Gasteiger partial charge in [-0.3, -0.25) is 4.79 Å². The van der Waals surface area contributed by atoms with Crippen molar-refractivity contribution < 1.29 is 4.79 Å². The zero-order chi connectivity index (χ0) is 15.0. The predicted molar refractivity (Wildman–Crippen MR) is 85.7 cm³/mol. The Balaban J connectivity index is 2.94. The van der Waals surface area contributed by atoms with Crippen LogP contribution in [-0.2, 0) is 0 Å². The fourth-order valence-electron chi connectivity index (χ4n) is 2.86. The highest BCUT2D eigenvalue weighted by atomic mass is 16.1. The Labute approximate surface area is 121 Å². The molecule has 20 heavy (non-hydrogen) atoms. The molecule has 2 rings (SSSR count). The minimum Gasteiger partial charge on any atom is -0.298 e. The van der Waals surface area contributed by atoms with E-state index in [0.717, 1.165) is 23.0 Å². The smallest absolute Gasteiger partial charge is 0.150 e. The second-order valence-corrected chi connectivity index (χ2v) is 5.65. The lowest BCUT2D eigenvalue weighted by molar-refractivity contribution is 0.112. The summed E-state index contributed by atoms with van der Waals surface area (Å²) >= 11 is 0. The fraction of sp³-hybridized carbons (Fsp3) is 0.316. The molecule has 104 valence electrons. The molecule has 0 aromatic heterocycles. The lowest BCUT2D eigenvalue weighted by Gasteiger charge is -2.20. The van der Waals surface area contributed by atoms with E-state index >= 15 is 0 Å². The Morgan fingerprint density at radius 2 is 1.35 bits per heavy atom. The van der Waals surface area contributed by atoms with Crippen LogP contribution in [0.5, 0.6) is 0 Å². The summed E-state index contributed by atoms with van der Waals surface area (Å²) in [5.74, 6) is 0. The van der Waals surface area contributed by atoms with Gasteiger partial charge in [0, 0.05) is 5.56 Å². The summed E-state index contributed by atoms with van der Waals surface area (Å²) in [6, 6.07) is 6.30. The van der Waals surface area contributed by atoms with Crippen LogP contribution in [0, 0.1) is 41.5 Å². The number of aryl methyl sites for hydroxylation is 1. The summed E-state index contributed by atoms with van der Waals surface area (Å²) in [7, 11) is 0. The third-order valence-corrected chi connectivity index (χ3v) is 4.73. The molecular formula is C19H22O. The van der Waals surface area contributed by atoms with Crippen molar-refractivity contribution in [1.29, 1.82) is 0 Å². The minimum atomic E-state index is 0.833. The lowest BCUT2D eigenvalue weighted by Crippen LogP contribution is -2.03. The van der Waals surface area contributed by atoms with Gasteiger partial charge in [0.25, 0.3) is 0 Å². The van der Waals surface area contributed by atoms with Gasteiger partial charge in [-0.1, -0.05) is 18.2 Å². The van der Waals surface area contributed by atoms with Gasteiger partial charge in [0.15, 0.2) is 6.29 Å². The largest absolute Gasteiger partial charge is 0.298 e. The van der Waals surface area contributed by atoms with Gasteiger partial charge in [0.05, 0.1) is 0 Å². The number of hydrogen-bond acceptors (Lipinski definition) is 1. The third-order valence-electron chi connectivity index (χ3n) is 4.73. The van der Waals surface area contributed by atoms with Gasteiger partial charge in [-0.05, 0) is 86.1 Å². The molecule has 2 aromatic carbocycles. The standard InChI is InChI=1S/C19H22O/c1-11-8-7-9-17(12(11)2)19-16(6)14(4)13(3)15(5)18(19)10-20/h7-10H,1-6H3. The topological polar surface area (TPSA) is 17.1 Å². The molecule has 0 N–H and O–H groups in total. The summed E-state index contributed by atoms with van der Waals surface area (Å²) < 4.78 is 0. The molecule has 0 saturated carbocycles. The van der Waals surface area contributed by atoms with Crippen molar-refractivity contribution in [1.82, 2.24) is 0 Å². The average molecular weight is 266 g/mol. The molecule has 0 atom stereocenters. The second-order valence-electron chi connectivity index (χ2n) is 5.65. The van der Waals surface area contributed by atoms with Crippen molar-refractivity contribution in [3.8, 4) is 11.1 Å². The van der Waals surface area contributed by atoms with E-state index in [1.54, 1.807) is 0 Å². The first-order chi connectivity index (χ1) is 9.40. The number of rotatable bonds is 2. The van der Waals surface area contributed by atoms with Crippen LogP contribution in [0.25, 0.3) is 11.1 Å². The van der Waals surface area contributed by atoms with E-state index in [2.05, 4.69) is 52.8 Å². The Morgan fingerprint density at radius 3 is 1.95 bits per heavy atom. The lowest BCUT2D eigenvalue weighted by atomic mass is 9.84. The third kappa shape index (κ3) is 2.07. The van der Waals surface area contributed by atoms with Crippen molar-refractivity contribution in [2.75, 3.05) is 0 Å². The predicted octanol–water partition coefficient (Wildman–Crippen LogP) is 5.02. The molecule has 0 aliphatic carbocycles. The zero-order valence-electron chi connectivity index (χ0n) is 13.2. The van der Waals surface area contributed by atoms with E-state index in [-0.39, 0.29) is 0 Å². The Morgan fingerprint density at radius 1 is 0.750 bits per heavy atom. The molecule has 1 nitrogen and oxygen atoms in total. The molecule has 0 radical (unpaired) electrons. The summed E-state index contributed by atoms with van der Waals surface area (Å²) in [6.45, 7) is 12.6. The van der Waals surface area contributed by atoms with Crippen LogP contribution in [0.1, 0.15) is 43.7 Å². The first-order valence-corrected chi connectivity index (χ1v) is 7.02. The highest BCUT2D eigenvalue weighted by Crippen LogP contribution is 2.35. The number of carbonyl (C=O) groups excluding carboxylic acids is 1. The Bertz CT molecular complexity index is 694. The highest BCUT2D eigenvalue weighted by molar-refractivity contribution is 5.93. The quantitative estimate of drug-likeness (QED) is 0.698. The van der Waals surface area contributed by atoms with E-state index < -0.39 is 0 Å². The number of carbonyl (C=O) groups is 1. The number of aldehydes is 1.